The van der Waals surface area contributed by atoms with Gasteiger partial charge < -0.3 is 4.90 Å². The van der Waals surface area contributed by atoms with Crippen molar-refractivity contribution >= 4 is 5.91 Å². The van der Waals surface area contributed by atoms with Crippen LogP contribution in [0.25, 0.3) is 11.1 Å². The van der Waals surface area contributed by atoms with E-state index in [-0.39, 0.29) is 5.91 Å². The predicted octanol–water partition coefficient (Wildman–Crippen LogP) is 2.64. The number of pyridine rings is 1. The fourth-order valence-corrected chi connectivity index (χ4v) is 1.71. The third-order valence-corrected chi connectivity index (χ3v) is 2.88. The van der Waals surface area contributed by atoms with E-state index in [1.54, 1.807) is 24.2 Å². The van der Waals surface area contributed by atoms with Crippen molar-refractivity contribution in [3.63, 3.8) is 0 Å². The van der Waals surface area contributed by atoms with Crippen LogP contribution >= 0.6 is 0 Å². The molecular formula is C15H15N2O. The van der Waals surface area contributed by atoms with Crippen LogP contribution in [-0.2, 0) is 0 Å². The van der Waals surface area contributed by atoms with Crippen molar-refractivity contribution < 1.29 is 4.79 Å². The van der Waals surface area contributed by atoms with Gasteiger partial charge in [0.1, 0.15) is 0 Å². The quantitative estimate of drug-likeness (QED) is 0.825. The van der Waals surface area contributed by atoms with Gasteiger partial charge in [-0.2, -0.15) is 0 Å². The smallest absolute Gasteiger partial charge is 0.254 e. The fourth-order valence-electron chi connectivity index (χ4n) is 1.71. The fraction of sp³-hybridized carbons (Fsp3) is 0.200. The van der Waals surface area contributed by atoms with E-state index < -0.39 is 0 Å². The van der Waals surface area contributed by atoms with E-state index >= 15 is 0 Å². The average molecular weight is 239 g/mol. The molecule has 0 spiro atoms. The molecule has 0 fully saturated rings. The Morgan fingerprint density at radius 1 is 1.28 bits per heavy atom. The Kier molecular flexibility index (Phi) is 3.72. The zero-order valence-electron chi connectivity index (χ0n) is 10.6. The Morgan fingerprint density at radius 3 is 2.67 bits per heavy atom. The van der Waals surface area contributed by atoms with Crippen LogP contribution in [0, 0.1) is 6.20 Å². The zero-order chi connectivity index (χ0) is 13.0. The van der Waals surface area contributed by atoms with Crippen LogP contribution < -0.4 is 0 Å². The first-order valence-corrected chi connectivity index (χ1v) is 5.91. The lowest BCUT2D eigenvalue weighted by molar-refractivity contribution is 0.0803. The summed E-state index contributed by atoms with van der Waals surface area (Å²) in [5.74, 6) is -0.00463. The summed E-state index contributed by atoms with van der Waals surface area (Å²) in [4.78, 5) is 17.9. The minimum absolute atomic E-state index is 0.00463. The maximum absolute atomic E-state index is 12.2. The molecule has 1 aromatic carbocycles. The second-order valence-corrected chi connectivity index (χ2v) is 4.03. The molecule has 1 amide bonds. The Bertz CT molecular complexity index is 537. The summed E-state index contributed by atoms with van der Waals surface area (Å²) in [6.07, 6.45) is 4.52. The van der Waals surface area contributed by atoms with Gasteiger partial charge in [-0.1, -0.05) is 30.3 Å². The maximum atomic E-state index is 12.2. The standard InChI is InChI=1S/C15H15N2O/c1-3-17(2)15(18)13-9-10-16-11-14(13)12-7-5-4-6-8-12/h4-10H,3H2,1-2H3. The van der Waals surface area contributed by atoms with Crippen LogP contribution in [0.5, 0.6) is 0 Å². The van der Waals surface area contributed by atoms with Crippen LogP contribution in [0.4, 0.5) is 0 Å². The summed E-state index contributed by atoms with van der Waals surface area (Å²) < 4.78 is 0. The molecular weight excluding hydrogens is 224 g/mol. The summed E-state index contributed by atoms with van der Waals surface area (Å²) in [6, 6.07) is 11.5. The molecule has 0 saturated heterocycles. The van der Waals surface area contributed by atoms with Gasteiger partial charge in [-0.3, -0.25) is 9.78 Å². The predicted molar refractivity (Wildman–Crippen MR) is 71.1 cm³/mol. The van der Waals surface area contributed by atoms with Crippen molar-refractivity contribution in [1.82, 2.24) is 9.88 Å². The molecule has 0 saturated carbocycles. The van der Waals surface area contributed by atoms with Gasteiger partial charge >= 0.3 is 0 Å². The van der Waals surface area contributed by atoms with Crippen molar-refractivity contribution in [3.8, 4) is 11.1 Å². The van der Waals surface area contributed by atoms with E-state index in [0.29, 0.717) is 12.1 Å². The topological polar surface area (TPSA) is 33.2 Å². The number of benzene rings is 1. The number of carbonyl (C=O) groups excluding carboxylic acids is 1. The Hall–Kier alpha value is -2.16. The van der Waals surface area contributed by atoms with Crippen LogP contribution in [-0.4, -0.2) is 29.4 Å². The number of hydrogen-bond donors (Lipinski definition) is 0. The number of nitrogens with zero attached hydrogens (tertiary/aromatic N) is 2. The summed E-state index contributed by atoms with van der Waals surface area (Å²) in [5.41, 5.74) is 2.35. The molecule has 91 valence electrons. The van der Waals surface area contributed by atoms with E-state index in [2.05, 4.69) is 11.2 Å². The molecule has 0 bridgehead atoms. The van der Waals surface area contributed by atoms with Crippen molar-refractivity contribution in [3.05, 3.63) is 54.4 Å². The molecule has 1 heterocycles. The van der Waals surface area contributed by atoms with Gasteiger partial charge in [-0.15, -0.1) is 0 Å². The van der Waals surface area contributed by atoms with E-state index in [0.717, 1.165) is 11.1 Å². The molecule has 2 rings (SSSR count). The molecule has 0 atom stereocenters. The van der Waals surface area contributed by atoms with E-state index in [9.17, 15) is 4.79 Å². The Labute approximate surface area is 107 Å². The monoisotopic (exact) mass is 239 g/mol. The largest absolute Gasteiger partial charge is 0.342 e. The minimum atomic E-state index is -0.00463. The highest BCUT2D eigenvalue weighted by Gasteiger charge is 2.15. The number of aromatic nitrogens is 1. The second kappa shape index (κ2) is 5.45. The highest BCUT2D eigenvalue weighted by molar-refractivity contribution is 6.00. The van der Waals surface area contributed by atoms with E-state index in [1.165, 1.54) is 0 Å². The maximum Gasteiger partial charge on any atom is 0.254 e. The summed E-state index contributed by atoms with van der Waals surface area (Å²) in [7, 11) is 1.79. The van der Waals surface area contributed by atoms with Crippen LogP contribution in [0.2, 0.25) is 0 Å². The lowest BCUT2D eigenvalue weighted by Crippen LogP contribution is -2.26. The first-order valence-electron chi connectivity index (χ1n) is 5.91. The summed E-state index contributed by atoms with van der Waals surface area (Å²) >= 11 is 0. The number of amides is 1. The lowest BCUT2D eigenvalue weighted by Gasteiger charge is -2.16. The van der Waals surface area contributed by atoms with Gasteiger partial charge in [0, 0.05) is 25.4 Å². The molecule has 0 aliphatic heterocycles. The van der Waals surface area contributed by atoms with Crippen molar-refractivity contribution in [2.75, 3.05) is 13.6 Å². The molecule has 0 aliphatic carbocycles. The zero-order valence-corrected chi connectivity index (χ0v) is 10.6. The minimum Gasteiger partial charge on any atom is -0.342 e. The van der Waals surface area contributed by atoms with E-state index in [4.69, 9.17) is 0 Å². The third-order valence-electron chi connectivity index (χ3n) is 2.88. The van der Waals surface area contributed by atoms with Gasteiger partial charge in [0.2, 0.25) is 0 Å². The number of hydrogen-bond acceptors (Lipinski definition) is 2. The number of carbonyl (C=O) groups is 1. The molecule has 0 N–H and O–H groups in total. The molecule has 1 radical (unpaired) electrons. The summed E-state index contributed by atoms with van der Waals surface area (Å²) in [5, 5.41) is 0. The molecule has 3 heteroatoms. The molecule has 2 aromatic rings. The SMILES string of the molecule is CCN(C)C(=O)c1ccn[c]c1-c1ccccc1. The molecule has 0 unspecified atom stereocenters. The van der Waals surface area contributed by atoms with Crippen molar-refractivity contribution in [2.45, 2.75) is 6.92 Å². The van der Waals surface area contributed by atoms with E-state index in [1.807, 2.05) is 37.3 Å². The lowest BCUT2D eigenvalue weighted by atomic mass is 10.0. The van der Waals surface area contributed by atoms with Crippen molar-refractivity contribution in [1.29, 1.82) is 0 Å². The Balaban J connectivity index is 2.47. The molecule has 3 nitrogen and oxygen atoms in total. The molecule has 0 aliphatic rings. The molecule has 1 aromatic heterocycles. The third kappa shape index (κ3) is 2.40. The first-order chi connectivity index (χ1) is 8.74. The highest BCUT2D eigenvalue weighted by Crippen LogP contribution is 2.22. The van der Waals surface area contributed by atoms with Crippen LogP contribution in [0.1, 0.15) is 17.3 Å². The van der Waals surface area contributed by atoms with Gasteiger partial charge in [0.05, 0.1) is 11.8 Å². The normalized spacial score (nSPS) is 10.1. The van der Waals surface area contributed by atoms with Gasteiger partial charge in [-0.25, -0.2) is 0 Å². The van der Waals surface area contributed by atoms with Gasteiger partial charge in [-0.05, 0) is 18.6 Å². The second-order valence-electron chi connectivity index (χ2n) is 4.03. The molecule has 18 heavy (non-hydrogen) atoms. The average Bonchev–Trinajstić information content (AvgIpc) is 2.46. The summed E-state index contributed by atoms with van der Waals surface area (Å²) in [6.45, 7) is 2.63. The Morgan fingerprint density at radius 2 is 2.00 bits per heavy atom. The number of rotatable bonds is 3. The van der Waals surface area contributed by atoms with Crippen LogP contribution in [0.15, 0.2) is 42.6 Å². The first kappa shape index (κ1) is 12.3. The van der Waals surface area contributed by atoms with Crippen LogP contribution in [0.3, 0.4) is 0 Å². The van der Waals surface area contributed by atoms with Crippen molar-refractivity contribution in [2.24, 2.45) is 0 Å². The van der Waals surface area contributed by atoms with Gasteiger partial charge in [0.25, 0.3) is 5.91 Å². The van der Waals surface area contributed by atoms with Gasteiger partial charge in [0.15, 0.2) is 0 Å². The highest BCUT2D eigenvalue weighted by atomic mass is 16.2.